The molecule has 0 bridgehead atoms. The molecule has 1 aromatic carbocycles. The van der Waals surface area contributed by atoms with Crippen molar-refractivity contribution in [2.45, 2.75) is 71.0 Å². The first-order chi connectivity index (χ1) is 11.6. The van der Waals surface area contributed by atoms with E-state index in [0.29, 0.717) is 19.6 Å². The molecule has 0 saturated carbocycles. The van der Waals surface area contributed by atoms with Crippen LogP contribution in [0.25, 0.3) is 10.9 Å². The monoisotopic (exact) mass is 362 g/mol. The molecule has 1 aromatic heterocycles. The molecule has 0 spiro atoms. The Morgan fingerprint density at radius 3 is 2.80 bits per heavy atom. The van der Waals surface area contributed by atoms with Crippen LogP contribution < -0.4 is 4.74 Å². The Morgan fingerprint density at radius 1 is 1.40 bits per heavy atom. The van der Waals surface area contributed by atoms with E-state index < -0.39 is 14.4 Å². The van der Waals surface area contributed by atoms with Crippen molar-refractivity contribution in [3.05, 3.63) is 23.9 Å². The van der Waals surface area contributed by atoms with Crippen LogP contribution in [0.4, 0.5) is 0 Å². The molecule has 2 aromatic rings. The highest BCUT2D eigenvalue weighted by Gasteiger charge is 2.38. The van der Waals surface area contributed by atoms with Gasteiger partial charge in [0, 0.05) is 17.4 Å². The van der Waals surface area contributed by atoms with Crippen molar-refractivity contribution in [2.24, 2.45) is 0 Å². The van der Waals surface area contributed by atoms with Gasteiger partial charge < -0.3 is 14.3 Å². The summed E-state index contributed by atoms with van der Waals surface area (Å²) in [6, 6.07) is 4.01. The van der Waals surface area contributed by atoms with Gasteiger partial charge in [-0.2, -0.15) is 5.10 Å². The molecule has 2 atom stereocenters. The lowest BCUT2D eigenvalue weighted by Gasteiger charge is -2.38. The van der Waals surface area contributed by atoms with Crippen molar-refractivity contribution in [3.8, 4) is 5.75 Å². The first-order valence-electron chi connectivity index (χ1n) is 9.04. The zero-order valence-corrected chi connectivity index (χ0v) is 17.2. The summed E-state index contributed by atoms with van der Waals surface area (Å²) < 4.78 is 14.2. The summed E-state index contributed by atoms with van der Waals surface area (Å²) in [6.45, 7) is 14.5. The number of hydrogen-bond donors (Lipinski definition) is 1. The fourth-order valence-corrected chi connectivity index (χ4v) is 4.58. The van der Waals surface area contributed by atoms with Crippen molar-refractivity contribution < 1.29 is 14.3 Å². The van der Waals surface area contributed by atoms with Gasteiger partial charge in [-0.15, -0.1) is 0 Å². The lowest BCUT2D eigenvalue weighted by molar-refractivity contribution is 0.0925. The van der Waals surface area contributed by atoms with Gasteiger partial charge in [0.25, 0.3) is 0 Å². The standard InChI is InChI=1S/C19H30N2O3Si/c1-13(24-25(5,6)19(2,3)4)11-21-18-14(10-20-21)7-8-17-16(18)9-15(22)12-23-17/h7-8,10,13,15,22H,9,11-12H2,1-6H3/t13-,15+/m1/s1. The van der Waals surface area contributed by atoms with E-state index in [1.165, 1.54) is 0 Å². The van der Waals surface area contributed by atoms with Gasteiger partial charge in [-0.3, -0.25) is 4.68 Å². The van der Waals surface area contributed by atoms with Crippen LogP contribution >= 0.6 is 0 Å². The van der Waals surface area contributed by atoms with E-state index in [1.54, 1.807) is 0 Å². The normalized spacial score (nSPS) is 19.6. The van der Waals surface area contributed by atoms with E-state index in [4.69, 9.17) is 9.16 Å². The Labute approximate surface area is 151 Å². The first-order valence-corrected chi connectivity index (χ1v) is 12.0. The van der Waals surface area contributed by atoms with Crippen molar-refractivity contribution in [1.82, 2.24) is 9.78 Å². The number of hydrogen-bond acceptors (Lipinski definition) is 4. The van der Waals surface area contributed by atoms with E-state index in [2.05, 4.69) is 45.9 Å². The zero-order chi connectivity index (χ0) is 18.4. The smallest absolute Gasteiger partial charge is 0.192 e. The van der Waals surface area contributed by atoms with E-state index >= 15 is 0 Å². The Morgan fingerprint density at radius 2 is 2.12 bits per heavy atom. The predicted octanol–water partition coefficient (Wildman–Crippen LogP) is 3.74. The highest BCUT2D eigenvalue weighted by molar-refractivity contribution is 6.74. The van der Waals surface area contributed by atoms with Gasteiger partial charge >= 0.3 is 0 Å². The number of aliphatic hydroxyl groups is 1. The summed E-state index contributed by atoms with van der Waals surface area (Å²) in [4.78, 5) is 0. The average molecular weight is 363 g/mol. The Kier molecular flexibility index (Phi) is 4.72. The van der Waals surface area contributed by atoms with Gasteiger partial charge in [0.15, 0.2) is 8.32 Å². The van der Waals surface area contributed by atoms with Crippen molar-refractivity contribution >= 4 is 19.2 Å². The maximum Gasteiger partial charge on any atom is 0.192 e. The lowest BCUT2D eigenvalue weighted by Crippen LogP contribution is -2.44. The molecule has 1 aliphatic rings. The third-order valence-electron chi connectivity index (χ3n) is 5.47. The molecule has 138 valence electrons. The van der Waals surface area contributed by atoms with Crippen molar-refractivity contribution in [1.29, 1.82) is 0 Å². The highest BCUT2D eigenvalue weighted by Crippen LogP contribution is 2.38. The molecule has 2 heterocycles. The predicted molar refractivity (Wildman–Crippen MR) is 103 cm³/mol. The summed E-state index contributed by atoms with van der Waals surface area (Å²) in [5, 5.41) is 15.8. The SMILES string of the molecule is C[C@H](Cn1ncc2ccc3c(c21)C[C@H](O)CO3)O[Si](C)(C)C(C)(C)C. The van der Waals surface area contributed by atoms with E-state index in [9.17, 15) is 5.11 Å². The third-order valence-corrected chi connectivity index (χ3v) is 10.1. The molecule has 1 aliphatic heterocycles. The zero-order valence-electron chi connectivity index (χ0n) is 16.2. The number of fused-ring (bicyclic) bond motifs is 3. The molecule has 0 fully saturated rings. The highest BCUT2D eigenvalue weighted by atomic mass is 28.4. The number of aromatic nitrogens is 2. The van der Waals surface area contributed by atoms with Crippen LogP contribution in [0.2, 0.25) is 18.1 Å². The first kappa shape index (κ1) is 18.4. The minimum Gasteiger partial charge on any atom is -0.491 e. The van der Waals surface area contributed by atoms with Gasteiger partial charge in [-0.1, -0.05) is 20.8 Å². The maximum atomic E-state index is 9.99. The van der Waals surface area contributed by atoms with Gasteiger partial charge in [-0.25, -0.2) is 0 Å². The van der Waals surface area contributed by atoms with Gasteiger partial charge in [0.05, 0.1) is 30.5 Å². The number of aliphatic hydroxyl groups excluding tert-OH is 1. The topological polar surface area (TPSA) is 56.5 Å². The van der Waals surface area contributed by atoms with Gasteiger partial charge in [0.2, 0.25) is 0 Å². The molecular formula is C19H30N2O3Si. The number of ether oxygens (including phenoxy) is 1. The van der Waals surface area contributed by atoms with Crippen LogP contribution in [0, 0.1) is 0 Å². The second kappa shape index (κ2) is 6.41. The van der Waals surface area contributed by atoms with Crippen LogP contribution in [0.5, 0.6) is 5.75 Å². The molecule has 0 saturated heterocycles. The Hall–Kier alpha value is -1.37. The van der Waals surface area contributed by atoms with Gasteiger partial charge in [0.1, 0.15) is 12.4 Å². The van der Waals surface area contributed by atoms with Crippen molar-refractivity contribution in [2.75, 3.05) is 6.61 Å². The van der Waals surface area contributed by atoms with Crippen LogP contribution in [-0.4, -0.2) is 42.0 Å². The molecule has 0 radical (unpaired) electrons. The fourth-order valence-electron chi connectivity index (χ4n) is 3.15. The maximum absolute atomic E-state index is 9.99. The molecule has 0 amide bonds. The summed E-state index contributed by atoms with van der Waals surface area (Å²) >= 11 is 0. The molecule has 0 aliphatic carbocycles. The van der Waals surface area contributed by atoms with Gasteiger partial charge in [-0.05, 0) is 37.2 Å². The average Bonchev–Trinajstić information content (AvgIpc) is 2.88. The quantitative estimate of drug-likeness (QED) is 0.842. The number of benzene rings is 1. The summed E-state index contributed by atoms with van der Waals surface area (Å²) in [6.07, 6.45) is 2.11. The molecule has 1 N–H and O–H groups in total. The summed E-state index contributed by atoms with van der Waals surface area (Å²) in [5.41, 5.74) is 2.11. The second-order valence-corrected chi connectivity index (χ2v) is 13.4. The number of nitrogens with zero attached hydrogens (tertiary/aromatic N) is 2. The lowest BCUT2D eigenvalue weighted by atomic mass is 10.0. The third kappa shape index (κ3) is 3.61. The fraction of sp³-hybridized carbons (Fsp3) is 0.632. The van der Waals surface area contributed by atoms with Crippen LogP contribution in [0.15, 0.2) is 18.3 Å². The van der Waals surface area contributed by atoms with E-state index in [0.717, 1.165) is 22.2 Å². The van der Waals surface area contributed by atoms with E-state index in [1.807, 2.05) is 23.0 Å². The molecule has 3 rings (SSSR count). The minimum absolute atomic E-state index is 0.0780. The number of rotatable bonds is 4. The van der Waals surface area contributed by atoms with Crippen molar-refractivity contribution in [3.63, 3.8) is 0 Å². The second-order valence-electron chi connectivity index (χ2n) is 8.66. The molecule has 0 unspecified atom stereocenters. The Bertz CT molecular complexity index is 764. The van der Waals surface area contributed by atoms with Crippen LogP contribution in [0.1, 0.15) is 33.3 Å². The molecule has 5 nitrogen and oxygen atoms in total. The molecular weight excluding hydrogens is 332 g/mol. The molecule has 6 heteroatoms. The Balaban J connectivity index is 1.87. The summed E-state index contributed by atoms with van der Waals surface area (Å²) in [5.74, 6) is 0.859. The minimum atomic E-state index is -1.81. The van der Waals surface area contributed by atoms with Crippen LogP contribution in [-0.2, 0) is 17.4 Å². The summed E-state index contributed by atoms with van der Waals surface area (Å²) in [7, 11) is -1.81. The van der Waals surface area contributed by atoms with Crippen LogP contribution in [0.3, 0.4) is 0 Å². The molecule has 25 heavy (non-hydrogen) atoms. The largest absolute Gasteiger partial charge is 0.491 e. The van der Waals surface area contributed by atoms with E-state index in [-0.39, 0.29) is 11.1 Å².